The lowest BCUT2D eigenvalue weighted by Gasteiger charge is -2.39. The van der Waals surface area contributed by atoms with Crippen LogP contribution < -0.4 is 0 Å². The van der Waals surface area contributed by atoms with Crippen LogP contribution in [0.2, 0.25) is 0 Å². The zero-order chi connectivity index (χ0) is 19.8. The lowest BCUT2D eigenvalue weighted by molar-refractivity contribution is -0.385. The molecule has 0 spiro atoms. The molecule has 1 aromatic rings. The fraction of sp³-hybridized carbons (Fsp3) is 0.444. The summed E-state index contributed by atoms with van der Waals surface area (Å²) in [4.78, 5) is 50.3. The minimum absolute atomic E-state index is 0.0858. The second kappa shape index (κ2) is 6.79. The average molecular weight is 370 g/mol. The van der Waals surface area contributed by atoms with Crippen molar-refractivity contribution in [1.29, 1.82) is 5.26 Å². The van der Waals surface area contributed by atoms with Gasteiger partial charge in [-0.15, -0.1) is 0 Å². The number of benzene rings is 1. The fourth-order valence-corrected chi connectivity index (χ4v) is 3.75. The number of nitro groups is 1. The van der Waals surface area contributed by atoms with E-state index in [9.17, 15) is 29.8 Å². The number of carbonyl (C=O) groups excluding carboxylic acids is 3. The second-order valence-electron chi connectivity index (χ2n) is 6.81. The Bertz CT molecular complexity index is 882. The maximum absolute atomic E-state index is 12.7. The molecule has 0 N–H and O–H groups in total. The Kier molecular flexibility index (Phi) is 4.66. The highest BCUT2D eigenvalue weighted by Gasteiger charge is 2.44. The van der Waals surface area contributed by atoms with Crippen molar-refractivity contribution in [2.24, 2.45) is 0 Å². The monoisotopic (exact) mass is 370 g/mol. The van der Waals surface area contributed by atoms with Crippen LogP contribution in [0.15, 0.2) is 18.2 Å². The molecule has 0 aromatic heterocycles. The topological polar surface area (TPSA) is 125 Å². The summed E-state index contributed by atoms with van der Waals surface area (Å²) < 4.78 is 0. The highest BCUT2D eigenvalue weighted by molar-refractivity contribution is 6.24. The van der Waals surface area contributed by atoms with Crippen LogP contribution in [0.3, 0.4) is 0 Å². The molecule has 0 saturated heterocycles. The summed E-state index contributed by atoms with van der Waals surface area (Å²) in [5, 5.41) is 20.7. The van der Waals surface area contributed by atoms with Gasteiger partial charge in [0.25, 0.3) is 17.5 Å². The Morgan fingerprint density at radius 2 is 1.96 bits per heavy atom. The number of imide groups is 1. The number of rotatable bonds is 4. The van der Waals surface area contributed by atoms with Crippen molar-refractivity contribution in [3.05, 3.63) is 39.4 Å². The number of nitriles is 1. The van der Waals surface area contributed by atoms with Crippen LogP contribution in [0, 0.1) is 21.4 Å². The van der Waals surface area contributed by atoms with Gasteiger partial charge in [0.15, 0.2) is 0 Å². The summed E-state index contributed by atoms with van der Waals surface area (Å²) >= 11 is 0. The largest absolute Gasteiger partial charge is 0.325 e. The molecule has 0 atom stereocenters. The molecule has 1 aromatic carbocycles. The summed E-state index contributed by atoms with van der Waals surface area (Å²) in [6.07, 6.45) is 3.72. The van der Waals surface area contributed by atoms with Crippen LogP contribution in [0.25, 0.3) is 0 Å². The molecule has 9 heteroatoms. The first kappa shape index (κ1) is 18.5. The zero-order valence-electron chi connectivity index (χ0n) is 14.8. The number of amides is 3. The fourth-order valence-electron chi connectivity index (χ4n) is 3.75. The van der Waals surface area contributed by atoms with Gasteiger partial charge in [0.05, 0.1) is 16.6 Å². The second-order valence-corrected chi connectivity index (χ2v) is 6.81. The quantitative estimate of drug-likeness (QED) is 0.453. The Balaban J connectivity index is 1.84. The van der Waals surface area contributed by atoms with Crippen LogP contribution in [0.5, 0.6) is 0 Å². The molecule has 0 bridgehead atoms. The van der Waals surface area contributed by atoms with Gasteiger partial charge in [0, 0.05) is 13.1 Å². The summed E-state index contributed by atoms with van der Waals surface area (Å²) in [5.41, 5.74) is -1.79. The average Bonchev–Trinajstić information content (AvgIpc) is 2.92. The molecule has 1 fully saturated rings. The highest BCUT2D eigenvalue weighted by Crippen LogP contribution is 2.34. The molecule has 0 radical (unpaired) electrons. The van der Waals surface area contributed by atoms with Crippen LogP contribution in [0.4, 0.5) is 5.69 Å². The first-order chi connectivity index (χ1) is 12.8. The normalized spacial score (nSPS) is 18.0. The van der Waals surface area contributed by atoms with E-state index in [4.69, 9.17) is 0 Å². The van der Waals surface area contributed by atoms with Gasteiger partial charge in [-0.2, -0.15) is 5.26 Å². The summed E-state index contributed by atoms with van der Waals surface area (Å²) in [6, 6.07) is 6.01. The number of nitrogens with zero attached hydrogens (tertiary/aromatic N) is 4. The molecule has 0 unspecified atom stereocenters. The first-order valence-corrected chi connectivity index (χ1v) is 8.64. The van der Waals surface area contributed by atoms with Gasteiger partial charge >= 0.3 is 0 Å². The predicted molar refractivity (Wildman–Crippen MR) is 92.7 cm³/mol. The standard InChI is InChI=1S/C18H18N4O5/c1-20(18(11-19)8-3-2-4-9-18)14(23)10-21-16(24)12-6-5-7-13(22(26)27)15(12)17(21)25/h5-7H,2-4,8-10H2,1H3. The van der Waals surface area contributed by atoms with Gasteiger partial charge in [-0.25, -0.2) is 0 Å². The van der Waals surface area contributed by atoms with Gasteiger partial charge in [-0.1, -0.05) is 25.3 Å². The van der Waals surface area contributed by atoms with E-state index in [2.05, 4.69) is 6.07 Å². The molecule has 1 aliphatic heterocycles. The number of hydrogen-bond donors (Lipinski definition) is 0. The van der Waals surface area contributed by atoms with E-state index < -0.39 is 40.4 Å². The minimum Gasteiger partial charge on any atom is -0.325 e. The molecule has 27 heavy (non-hydrogen) atoms. The van der Waals surface area contributed by atoms with Crippen molar-refractivity contribution in [2.45, 2.75) is 37.6 Å². The molecular weight excluding hydrogens is 352 g/mol. The maximum atomic E-state index is 12.7. The van der Waals surface area contributed by atoms with Gasteiger partial charge in [0.1, 0.15) is 17.6 Å². The van der Waals surface area contributed by atoms with Gasteiger partial charge in [-0.3, -0.25) is 29.4 Å². The third kappa shape index (κ3) is 2.93. The number of fused-ring (bicyclic) bond motifs is 1. The van der Waals surface area contributed by atoms with E-state index in [1.165, 1.54) is 24.1 Å². The molecular formula is C18H18N4O5. The molecule has 3 amide bonds. The maximum Gasteiger partial charge on any atom is 0.282 e. The van der Waals surface area contributed by atoms with Crippen molar-refractivity contribution in [3.63, 3.8) is 0 Å². The molecule has 140 valence electrons. The predicted octanol–water partition coefficient (Wildman–Crippen LogP) is 1.88. The number of nitro benzene ring substituents is 1. The van der Waals surface area contributed by atoms with E-state index in [0.717, 1.165) is 25.3 Å². The number of likely N-dealkylation sites (N-methyl/N-ethyl adjacent to an activating group) is 1. The highest BCUT2D eigenvalue weighted by atomic mass is 16.6. The van der Waals surface area contributed by atoms with E-state index in [0.29, 0.717) is 17.7 Å². The van der Waals surface area contributed by atoms with Crippen LogP contribution in [-0.2, 0) is 4.79 Å². The van der Waals surface area contributed by atoms with E-state index in [-0.39, 0.29) is 11.1 Å². The van der Waals surface area contributed by atoms with Crippen molar-refractivity contribution >= 4 is 23.4 Å². The Morgan fingerprint density at radius 3 is 2.56 bits per heavy atom. The van der Waals surface area contributed by atoms with Crippen molar-refractivity contribution < 1.29 is 19.3 Å². The van der Waals surface area contributed by atoms with Crippen LogP contribution >= 0.6 is 0 Å². The summed E-state index contributed by atoms with van der Waals surface area (Å²) in [7, 11) is 1.50. The van der Waals surface area contributed by atoms with E-state index in [1.807, 2.05) is 0 Å². The lowest BCUT2D eigenvalue weighted by atomic mass is 9.81. The third-order valence-corrected chi connectivity index (χ3v) is 5.37. The van der Waals surface area contributed by atoms with Crippen molar-refractivity contribution in [3.8, 4) is 6.07 Å². The van der Waals surface area contributed by atoms with E-state index in [1.54, 1.807) is 0 Å². The molecule has 3 rings (SSSR count). The van der Waals surface area contributed by atoms with Crippen LogP contribution in [0.1, 0.15) is 52.8 Å². The molecule has 1 saturated carbocycles. The lowest BCUT2D eigenvalue weighted by Crippen LogP contribution is -2.53. The van der Waals surface area contributed by atoms with Crippen molar-refractivity contribution in [2.75, 3.05) is 13.6 Å². The SMILES string of the molecule is CN(C(=O)CN1C(=O)c2cccc([N+](=O)[O-])c2C1=O)C1(C#N)CCCCC1. The Morgan fingerprint density at radius 1 is 1.30 bits per heavy atom. The van der Waals surface area contributed by atoms with Crippen molar-refractivity contribution in [1.82, 2.24) is 9.80 Å². The smallest absolute Gasteiger partial charge is 0.282 e. The Hall–Kier alpha value is -3.28. The zero-order valence-corrected chi connectivity index (χ0v) is 14.8. The van der Waals surface area contributed by atoms with Gasteiger partial charge in [-0.05, 0) is 18.9 Å². The number of carbonyl (C=O) groups is 3. The first-order valence-electron chi connectivity index (χ1n) is 8.64. The molecule has 1 heterocycles. The molecule has 1 aliphatic carbocycles. The Labute approximate surface area is 155 Å². The van der Waals surface area contributed by atoms with Crippen LogP contribution in [-0.4, -0.2) is 51.6 Å². The van der Waals surface area contributed by atoms with Gasteiger partial charge < -0.3 is 4.90 Å². The third-order valence-electron chi connectivity index (χ3n) is 5.37. The summed E-state index contributed by atoms with van der Waals surface area (Å²) in [5.74, 6) is -2.15. The molecule has 9 nitrogen and oxygen atoms in total. The van der Waals surface area contributed by atoms with E-state index >= 15 is 0 Å². The number of hydrogen-bond acceptors (Lipinski definition) is 6. The minimum atomic E-state index is -0.944. The summed E-state index contributed by atoms with van der Waals surface area (Å²) in [6.45, 7) is -0.552. The molecule has 2 aliphatic rings. The van der Waals surface area contributed by atoms with Gasteiger partial charge in [0.2, 0.25) is 5.91 Å².